The molecule has 2 aliphatic rings. The fraction of sp³-hybridized carbons (Fsp3) is 0.500. The third-order valence-electron chi connectivity index (χ3n) is 4.32. The maximum atomic E-state index is 13.0. The van der Waals surface area contributed by atoms with E-state index in [0.717, 1.165) is 25.1 Å². The van der Waals surface area contributed by atoms with E-state index in [4.69, 9.17) is 4.74 Å². The van der Waals surface area contributed by atoms with Crippen molar-refractivity contribution in [2.45, 2.75) is 23.2 Å². The first-order valence-electron chi connectivity index (χ1n) is 7.63. The molecule has 2 heterocycles. The van der Waals surface area contributed by atoms with Crippen LogP contribution >= 0.6 is 0 Å². The number of ether oxygens (including phenoxy) is 1. The molecule has 1 aromatic rings. The first-order chi connectivity index (χ1) is 10.6. The van der Waals surface area contributed by atoms with Crippen LogP contribution in [0.1, 0.15) is 11.1 Å². The Morgan fingerprint density at radius 1 is 1.27 bits per heavy atom. The Hall–Kier alpha value is -1.21. The molecular formula is C16H22N2O3S. The van der Waals surface area contributed by atoms with Gasteiger partial charge >= 0.3 is 0 Å². The van der Waals surface area contributed by atoms with Crippen LogP contribution in [0.5, 0.6) is 0 Å². The normalized spacial score (nSPS) is 21.1. The lowest BCUT2D eigenvalue weighted by Crippen LogP contribution is -2.46. The highest BCUT2D eigenvalue weighted by atomic mass is 32.2. The van der Waals surface area contributed by atoms with Crippen molar-refractivity contribution in [2.75, 3.05) is 32.8 Å². The summed E-state index contributed by atoms with van der Waals surface area (Å²) in [5.41, 5.74) is 2.32. The van der Waals surface area contributed by atoms with Crippen LogP contribution in [0.25, 0.3) is 0 Å². The number of morpholine rings is 1. The summed E-state index contributed by atoms with van der Waals surface area (Å²) in [6.07, 6.45) is 2.47. The van der Waals surface area contributed by atoms with E-state index in [9.17, 15) is 8.42 Å². The average Bonchev–Trinajstić information content (AvgIpc) is 2.56. The van der Waals surface area contributed by atoms with Crippen molar-refractivity contribution >= 4 is 9.84 Å². The third kappa shape index (κ3) is 2.96. The van der Waals surface area contributed by atoms with Gasteiger partial charge in [-0.25, -0.2) is 8.42 Å². The lowest BCUT2D eigenvalue weighted by atomic mass is 10.0. The fourth-order valence-electron chi connectivity index (χ4n) is 3.08. The molecule has 1 aromatic carbocycles. The molecule has 22 heavy (non-hydrogen) atoms. The zero-order valence-corrected chi connectivity index (χ0v) is 13.4. The van der Waals surface area contributed by atoms with Crippen LogP contribution in [-0.2, 0) is 27.5 Å². The number of nitrogens with zero attached hydrogens (tertiary/aromatic N) is 1. The Kier molecular flexibility index (Phi) is 4.63. The van der Waals surface area contributed by atoms with Gasteiger partial charge in [0.05, 0.1) is 18.1 Å². The van der Waals surface area contributed by atoms with E-state index in [1.807, 2.05) is 17.0 Å². The van der Waals surface area contributed by atoms with Crippen LogP contribution in [0.3, 0.4) is 0 Å². The molecule has 1 saturated heterocycles. The van der Waals surface area contributed by atoms with E-state index < -0.39 is 15.2 Å². The lowest BCUT2D eigenvalue weighted by Gasteiger charge is -2.32. The van der Waals surface area contributed by atoms with Gasteiger partial charge in [-0.2, -0.15) is 0 Å². The van der Waals surface area contributed by atoms with E-state index in [1.54, 1.807) is 6.07 Å². The van der Waals surface area contributed by atoms with Gasteiger partial charge in [0.15, 0.2) is 9.84 Å². The number of nitrogens with one attached hydrogen (secondary N) is 1. The number of hydrogen-bond donors (Lipinski definition) is 1. The largest absolute Gasteiger partial charge is 0.379 e. The van der Waals surface area contributed by atoms with Crippen molar-refractivity contribution < 1.29 is 13.2 Å². The van der Waals surface area contributed by atoms with Gasteiger partial charge in [0, 0.05) is 19.6 Å². The smallest absolute Gasteiger partial charge is 0.198 e. The number of benzene rings is 1. The molecule has 2 aliphatic heterocycles. The van der Waals surface area contributed by atoms with Crippen molar-refractivity contribution in [3.8, 4) is 0 Å². The molecule has 1 unspecified atom stereocenters. The molecule has 0 aromatic heterocycles. The van der Waals surface area contributed by atoms with Crippen molar-refractivity contribution in [2.24, 2.45) is 0 Å². The minimum atomic E-state index is -3.46. The highest BCUT2D eigenvalue weighted by Gasteiger charge is 2.32. The van der Waals surface area contributed by atoms with E-state index in [2.05, 4.69) is 11.9 Å². The molecule has 0 bridgehead atoms. The SMILES string of the molecule is C=CC(N1CCOCC1)S(=O)(=O)c1ccc2c(c1)CNCC2. The Bertz CT molecular complexity index is 651. The van der Waals surface area contributed by atoms with Crippen LogP contribution in [0.2, 0.25) is 0 Å². The van der Waals surface area contributed by atoms with Gasteiger partial charge in [-0.1, -0.05) is 12.1 Å². The molecule has 6 heteroatoms. The second-order valence-electron chi connectivity index (χ2n) is 5.68. The molecule has 0 amide bonds. The summed E-state index contributed by atoms with van der Waals surface area (Å²) in [5.74, 6) is 0. The number of hydrogen-bond acceptors (Lipinski definition) is 5. The van der Waals surface area contributed by atoms with E-state index in [1.165, 1.54) is 11.6 Å². The standard InChI is InChI=1S/C16H22N2O3S/c1-2-16(18-7-9-21-10-8-18)22(19,20)15-4-3-13-5-6-17-12-14(13)11-15/h2-4,11,16-17H,1,5-10,12H2. The quantitative estimate of drug-likeness (QED) is 0.837. The summed E-state index contributed by atoms with van der Waals surface area (Å²) < 4.78 is 31.3. The van der Waals surface area contributed by atoms with Gasteiger partial charge in [-0.15, -0.1) is 6.58 Å². The molecule has 1 N–H and O–H groups in total. The lowest BCUT2D eigenvalue weighted by molar-refractivity contribution is 0.0374. The van der Waals surface area contributed by atoms with Crippen LogP contribution < -0.4 is 5.32 Å². The first kappa shape index (κ1) is 15.7. The third-order valence-corrected chi connectivity index (χ3v) is 6.36. The van der Waals surface area contributed by atoms with Crippen molar-refractivity contribution in [3.05, 3.63) is 42.0 Å². The van der Waals surface area contributed by atoms with Gasteiger partial charge in [0.25, 0.3) is 0 Å². The Balaban J connectivity index is 1.92. The molecule has 0 radical (unpaired) electrons. The monoisotopic (exact) mass is 322 g/mol. The van der Waals surface area contributed by atoms with Crippen LogP contribution in [-0.4, -0.2) is 51.5 Å². The average molecular weight is 322 g/mol. The summed E-state index contributed by atoms with van der Waals surface area (Å²) in [7, 11) is -3.46. The van der Waals surface area contributed by atoms with E-state index in [-0.39, 0.29) is 0 Å². The van der Waals surface area contributed by atoms with Gasteiger partial charge in [-0.05, 0) is 36.2 Å². The number of rotatable bonds is 4. The second-order valence-corrected chi connectivity index (χ2v) is 7.72. The molecule has 0 spiro atoms. The molecule has 5 nitrogen and oxygen atoms in total. The van der Waals surface area contributed by atoms with E-state index in [0.29, 0.717) is 31.2 Å². The maximum absolute atomic E-state index is 13.0. The summed E-state index contributed by atoms with van der Waals surface area (Å²) in [6, 6.07) is 5.49. The summed E-state index contributed by atoms with van der Waals surface area (Å²) >= 11 is 0. The summed E-state index contributed by atoms with van der Waals surface area (Å²) in [6.45, 7) is 7.77. The highest BCUT2D eigenvalue weighted by molar-refractivity contribution is 7.92. The van der Waals surface area contributed by atoms with Crippen LogP contribution in [0.15, 0.2) is 35.7 Å². The van der Waals surface area contributed by atoms with Gasteiger partial charge < -0.3 is 10.1 Å². The predicted molar refractivity (Wildman–Crippen MR) is 85.4 cm³/mol. The summed E-state index contributed by atoms with van der Waals surface area (Å²) in [5, 5.41) is 2.60. The number of fused-ring (bicyclic) bond motifs is 1. The van der Waals surface area contributed by atoms with Crippen molar-refractivity contribution in [1.82, 2.24) is 10.2 Å². The molecule has 1 atom stereocenters. The molecule has 0 aliphatic carbocycles. The predicted octanol–water partition coefficient (Wildman–Crippen LogP) is 0.950. The Morgan fingerprint density at radius 2 is 2.05 bits per heavy atom. The van der Waals surface area contributed by atoms with Crippen molar-refractivity contribution in [3.63, 3.8) is 0 Å². The molecule has 1 fully saturated rings. The van der Waals surface area contributed by atoms with Gasteiger partial charge in [-0.3, -0.25) is 4.90 Å². The van der Waals surface area contributed by atoms with Crippen LogP contribution in [0, 0.1) is 0 Å². The topological polar surface area (TPSA) is 58.6 Å². The zero-order chi connectivity index (χ0) is 15.6. The Morgan fingerprint density at radius 3 is 2.77 bits per heavy atom. The highest BCUT2D eigenvalue weighted by Crippen LogP contribution is 2.24. The fourth-order valence-corrected chi connectivity index (χ4v) is 4.78. The molecular weight excluding hydrogens is 300 g/mol. The zero-order valence-electron chi connectivity index (χ0n) is 12.6. The van der Waals surface area contributed by atoms with Gasteiger partial charge in [0.1, 0.15) is 5.37 Å². The molecule has 3 rings (SSSR count). The van der Waals surface area contributed by atoms with E-state index >= 15 is 0 Å². The Labute approximate surface area is 131 Å². The van der Waals surface area contributed by atoms with Crippen molar-refractivity contribution in [1.29, 1.82) is 0 Å². The minimum Gasteiger partial charge on any atom is -0.379 e. The molecule has 0 saturated carbocycles. The summed E-state index contributed by atoms with van der Waals surface area (Å²) in [4.78, 5) is 2.30. The van der Waals surface area contributed by atoms with Gasteiger partial charge in [0.2, 0.25) is 0 Å². The number of sulfone groups is 1. The first-order valence-corrected chi connectivity index (χ1v) is 9.18. The van der Waals surface area contributed by atoms with Crippen LogP contribution in [0.4, 0.5) is 0 Å². The minimum absolute atomic E-state index is 0.381. The maximum Gasteiger partial charge on any atom is 0.198 e. The second kappa shape index (κ2) is 6.50. The molecule has 120 valence electrons.